The second-order valence-electron chi connectivity index (χ2n) is 3.84. The van der Waals surface area contributed by atoms with Crippen LogP contribution in [-0.2, 0) is 0 Å². The van der Waals surface area contributed by atoms with Crippen molar-refractivity contribution in [1.29, 1.82) is 0 Å². The molecule has 2 rings (SSSR count). The lowest BCUT2D eigenvalue weighted by molar-refractivity contribution is 0.0659. The van der Waals surface area contributed by atoms with Crippen molar-refractivity contribution in [1.82, 2.24) is 15.5 Å². The van der Waals surface area contributed by atoms with E-state index in [0.717, 1.165) is 0 Å². The van der Waals surface area contributed by atoms with Crippen LogP contribution in [0, 0.1) is 6.92 Å². The normalized spacial score (nSPS) is 12.1. The van der Waals surface area contributed by atoms with E-state index in [0.29, 0.717) is 5.82 Å². The topological polar surface area (TPSA) is 118 Å². The summed E-state index contributed by atoms with van der Waals surface area (Å²) in [4.78, 5) is 26.4. The summed E-state index contributed by atoms with van der Waals surface area (Å²) in [7, 11) is 0. The minimum absolute atomic E-state index is 0.0968. The molecule has 2 aromatic rings. The van der Waals surface area contributed by atoms with Gasteiger partial charge in [-0.05, 0) is 26.0 Å². The van der Waals surface area contributed by atoms with Crippen LogP contribution < -0.4 is 5.32 Å². The molecule has 0 spiro atoms. The summed E-state index contributed by atoms with van der Waals surface area (Å²) in [6, 6.07) is 1.98. The fraction of sp³-hybridized carbons (Fsp3) is 0.273. The first-order chi connectivity index (χ1) is 8.97. The highest BCUT2D eigenvalue weighted by Gasteiger charge is 2.20. The van der Waals surface area contributed by atoms with Crippen molar-refractivity contribution < 1.29 is 23.6 Å². The van der Waals surface area contributed by atoms with Crippen molar-refractivity contribution in [3.63, 3.8) is 0 Å². The molecular weight excluding hydrogens is 254 g/mol. The number of carboxylic acids is 1. The smallest absolute Gasteiger partial charge is 0.371 e. The number of aromatic nitrogens is 2. The largest absolute Gasteiger partial charge is 0.475 e. The van der Waals surface area contributed by atoms with Crippen molar-refractivity contribution in [3.8, 4) is 0 Å². The molecule has 0 bridgehead atoms. The average Bonchev–Trinajstić information content (AvgIpc) is 2.96. The third-order valence-electron chi connectivity index (χ3n) is 2.30. The Bertz CT molecular complexity index is 615. The maximum Gasteiger partial charge on any atom is 0.371 e. The van der Waals surface area contributed by atoms with Gasteiger partial charge in [-0.15, -0.1) is 0 Å². The Morgan fingerprint density at radius 1 is 1.37 bits per heavy atom. The number of carboxylic acid groups (broad SMARTS) is 1. The number of nitrogens with one attached hydrogen (secondary N) is 1. The van der Waals surface area contributed by atoms with E-state index in [1.54, 1.807) is 13.8 Å². The van der Waals surface area contributed by atoms with Crippen LogP contribution in [0.25, 0.3) is 0 Å². The second kappa shape index (κ2) is 4.92. The number of rotatable bonds is 4. The molecule has 0 saturated carbocycles. The second-order valence-corrected chi connectivity index (χ2v) is 3.84. The summed E-state index contributed by atoms with van der Waals surface area (Å²) in [5.74, 6) is -1.47. The predicted octanol–water partition coefficient (Wildman–Crippen LogP) is 1.16. The van der Waals surface area contributed by atoms with Crippen molar-refractivity contribution in [2.24, 2.45) is 0 Å². The third kappa shape index (κ3) is 2.79. The molecule has 100 valence electrons. The monoisotopic (exact) mass is 265 g/mol. The third-order valence-corrected chi connectivity index (χ3v) is 2.30. The van der Waals surface area contributed by atoms with Crippen LogP contribution in [0.15, 0.2) is 21.1 Å². The molecule has 0 aliphatic carbocycles. The van der Waals surface area contributed by atoms with Crippen LogP contribution in [-0.4, -0.2) is 27.1 Å². The number of furan rings is 1. The maximum atomic E-state index is 11.8. The Balaban J connectivity index is 2.06. The lowest BCUT2D eigenvalue weighted by Gasteiger charge is -2.07. The average molecular weight is 265 g/mol. The van der Waals surface area contributed by atoms with E-state index in [9.17, 15) is 9.59 Å². The van der Waals surface area contributed by atoms with Gasteiger partial charge in [0.1, 0.15) is 6.04 Å². The predicted molar refractivity (Wildman–Crippen MR) is 60.6 cm³/mol. The molecule has 0 saturated heterocycles. The van der Waals surface area contributed by atoms with Gasteiger partial charge in [0.25, 0.3) is 5.91 Å². The quantitative estimate of drug-likeness (QED) is 0.851. The molecule has 0 aliphatic rings. The molecule has 0 aliphatic heterocycles. The van der Waals surface area contributed by atoms with Crippen molar-refractivity contribution in [2.75, 3.05) is 0 Å². The van der Waals surface area contributed by atoms with Crippen LogP contribution in [0.1, 0.15) is 45.8 Å². The molecule has 0 aromatic carbocycles. The Hall–Kier alpha value is -2.64. The van der Waals surface area contributed by atoms with Crippen LogP contribution in [0.2, 0.25) is 0 Å². The number of amides is 1. The first kappa shape index (κ1) is 12.8. The Kier molecular flexibility index (Phi) is 3.32. The summed E-state index contributed by atoms with van der Waals surface area (Å²) >= 11 is 0. The van der Waals surface area contributed by atoms with Crippen molar-refractivity contribution in [2.45, 2.75) is 19.9 Å². The van der Waals surface area contributed by atoms with Gasteiger partial charge in [-0.25, -0.2) is 4.79 Å². The van der Waals surface area contributed by atoms with E-state index in [2.05, 4.69) is 15.5 Å². The molecule has 2 N–H and O–H groups in total. The molecule has 2 aromatic heterocycles. The number of nitrogens with zero attached hydrogens (tertiary/aromatic N) is 2. The van der Waals surface area contributed by atoms with Crippen molar-refractivity contribution in [3.05, 3.63) is 35.4 Å². The van der Waals surface area contributed by atoms with Gasteiger partial charge in [0.15, 0.2) is 11.6 Å². The summed E-state index contributed by atoms with van der Waals surface area (Å²) in [6.07, 6.45) is 0. The van der Waals surface area contributed by atoms with Gasteiger partial charge >= 0.3 is 5.97 Å². The zero-order chi connectivity index (χ0) is 14.0. The standard InChI is InChI=1S/C11H11N3O5/c1-5(10-13-6(2)14-19-10)12-9(15)7-3-4-8(18-7)11(16)17/h3-5H,1-2H3,(H,12,15)(H,16,17). The molecule has 0 fully saturated rings. The summed E-state index contributed by atoms with van der Waals surface area (Å²) in [5, 5.41) is 14.8. The molecule has 8 heteroatoms. The van der Waals surface area contributed by atoms with E-state index < -0.39 is 17.9 Å². The lowest BCUT2D eigenvalue weighted by atomic mass is 10.3. The Labute approximate surface area is 107 Å². The fourth-order valence-electron chi connectivity index (χ4n) is 1.39. The van der Waals surface area contributed by atoms with Crippen LogP contribution >= 0.6 is 0 Å². The van der Waals surface area contributed by atoms with Gasteiger partial charge in [-0.1, -0.05) is 5.16 Å². The Morgan fingerprint density at radius 3 is 2.58 bits per heavy atom. The number of carbonyl (C=O) groups excluding carboxylic acids is 1. The summed E-state index contributed by atoms with van der Waals surface area (Å²) in [5.41, 5.74) is 0. The Morgan fingerprint density at radius 2 is 2.05 bits per heavy atom. The number of aryl methyl sites for hydroxylation is 1. The summed E-state index contributed by atoms with van der Waals surface area (Å²) < 4.78 is 9.78. The lowest BCUT2D eigenvalue weighted by Crippen LogP contribution is -2.26. The highest BCUT2D eigenvalue weighted by atomic mass is 16.5. The van der Waals surface area contributed by atoms with Crippen LogP contribution in [0.4, 0.5) is 0 Å². The van der Waals surface area contributed by atoms with Gasteiger partial charge in [-0.3, -0.25) is 4.79 Å². The van der Waals surface area contributed by atoms with Gasteiger partial charge in [-0.2, -0.15) is 4.98 Å². The van der Waals surface area contributed by atoms with Crippen LogP contribution in [0.5, 0.6) is 0 Å². The SMILES string of the molecule is Cc1noc(C(C)NC(=O)c2ccc(C(=O)O)o2)n1. The molecule has 2 heterocycles. The van der Waals surface area contributed by atoms with Gasteiger partial charge in [0, 0.05) is 0 Å². The van der Waals surface area contributed by atoms with E-state index in [1.807, 2.05) is 0 Å². The highest BCUT2D eigenvalue weighted by molar-refractivity contribution is 5.93. The number of aromatic carboxylic acids is 1. The highest BCUT2D eigenvalue weighted by Crippen LogP contribution is 2.12. The van der Waals surface area contributed by atoms with E-state index in [4.69, 9.17) is 14.0 Å². The minimum atomic E-state index is -1.24. The van der Waals surface area contributed by atoms with Crippen molar-refractivity contribution >= 4 is 11.9 Å². The first-order valence-electron chi connectivity index (χ1n) is 5.41. The van der Waals surface area contributed by atoms with E-state index in [-0.39, 0.29) is 17.4 Å². The summed E-state index contributed by atoms with van der Waals surface area (Å²) in [6.45, 7) is 3.32. The number of hydrogen-bond donors (Lipinski definition) is 2. The molecule has 1 unspecified atom stereocenters. The zero-order valence-electron chi connectivity index (χ0n) is 10.2. The van der Waals surface area contributed by atoms with Gasteiger partial charge in [0.05, 0.1) is 0 Å². The number of hydrogen-bond acceptors (Lipinski definition) is 6. The van der Waals surface area contributed by atoms with E-state index >= 15 is 0 Å². The van der Waals surface area contributed by atoms with Crippen LogP contribution in [0.3, 0.4) is 0 Å². The molecule has 19 heavy (non-hydrogen) atoms. The molecular formula is C11H11N3O5. The number of carbonyl (C=O) groups is 2. The van der Waals surface area contributed by atoms with Gasteiger partial charge < -0.3 is 19.4 Å². The molecule has 1 amide bonds. The maximum absolute atomic E-state index is 11.8. The molecule has 8 nitrogen and oxygen atoms in total. The minimum Gasteiger partial charge on any atom is -0.475 e. The fourth-order valence-corrected chi connectivity index (χ4v) is 1.39. The molecule has 0 radical (unpaired) electrons. The zero-order valence-corrected chi connectivity index (χ0v) is 10.2. The first-order valence-corrected chi connectivity index (χ1v) is 5.41. The van der Waals surface area contributed by atoms with Gasteiger partial charge in [0.2, 0.25) is 11.7 Å². The molecule has 1 atom stereocenters. The van der Waals surface area contributed by atoms with E-state index in [1.165, 1.54) is 12.1 Å².